The number of aromatic nitrogens is 1. The fraction of sp³-hybridized carbons (Fsp3) is 0.250. The smallest absolute Gasteiger partial charge is 0.258 e. The fourth-order valence-corrected chi connectivity index (χ4v) is 1.77. The number of pyridine rings is 1. The first-order valence-electron chi connectivity index (χ1n) is 4.83. The summed E-state index contributed by atoms with van der Waals surface area (Å²) in [5.74, 6) is 0. The predicted octanol–water partition coefficient (Wildman–Crippen LogP) is 2.33. The van der Waals surface area contributed by atoms with Gasteiger partial charge in [-0.1, -0.05) is 18.2 Å². The van der Waals surface area contributed by atoms with Gasteiger partial charge in [0.1, 0.15) is 0 Å². The molecule has 0 aliphatic carbocycles. The first-order chi connectivity index (χ1) is 6.74. The van der Waals surface area contributed by atoms with Gasteiger partial charge in [-0.2, -0.15) is 0 Å². The van der Waals surface area contributed by atoms with E-state index in [2.05, 4.69) is 0 Å². The van der Waals surface area contributed by atoms with Crippen LogP contribution in [0.1, 0.15) is 12.5 Å². The van der Waals surface area contributed by atoms with E-state index in [4.69, 9.17) is 0 Å². The lowest BCUT2D eigenvalue weighted by Crippen LogP contribution is -2.19. The lowest BCUT2D eigenvalue weighted by atomic mass is 10.1. The van der Waals surface area contributed by atoms with Crippen LogP contribution in [-0.2, 0) is 6.54 Å². The maximum atomic E-state index is 11.9. The summed E-state index contributed by atoms with van der Waals surface area (Å²) in [6.07, 6.45) is 1.92. The summed E-state index contributed by atoms with van der Waals surface area (Å²) >= 11 is 0. The summed E-state index contributed by atoms with van der Waals surface area (Å²) in [7, 11) is 0. The molecular formula is C12H13NO. The number of benzene rings is 1. The Morgan fingerprint density at radius 3 is 2.50 bits per heavy atom. The monoisotopic (exact) mass is 187 g/mol. The molecule has 2 aromatic rings. The molecule has 1 aromatic heterocycles. The highest BCUT2D eigenvalue weighted by molar-refractivity contribution is 5.84. The normalized spacial score (nSPS) is 10.7. The Kier molecular flexibility index (Phi) is 2.12. The van der Waals surface area contributed by atoms with Gasteiger partial charge in [0.05, 0.1) is 0 Å². The van der Waals surface area contributed by atoms with Crippen molar-refractivity contribution in [1.29, 1.82) is 0 Å². The maximum absolute atomic E-state index is 11.9. The molecule has 0 unspecified atom stereocenters. The van der Waals surface area contributed by atoms with Gasteiger partial charge in [-0.3, -0.25) is 4.79 Å². The molecule has 1 aromatic carbocycles. The van der Waals surface area contributed by atoms with E-state index in [1.54, 1.807) is 4.57 Å². The Hall–Kier alpha value is -1.57. The van der Waals surface area contributed by atoms with Gasteiger partial charge in [0.25, 0.3) is 5.56 Å². The van der Waals surface area contributed by atoms with E-state index in [9.17, 15) is 4.79 Å². The molecule has 0 radical (unpaired) electrons. The topological polar surface area (TPSA) is 22.0 Å². The average Bonchev–Trinajstić information content (AvgIpc) is 2.23. The van der Waals surface area contributed by atoms with Gasteiger partial charge in [-0.05, 0) is 30.9 Å². The second-order valence-corrected chi connectivity index (χ2v) is 3.45. The highest BCUT2D eigenvalue weighted by atomic mass is 16.1. The van der Waals surface area contributed by atoms with Crippen molar-refractivity contribution in [2.24, 2.45) is 0 Å². The van der Waals surface area contributed by atoms with Crippen LogP contribution < -0.4 is 5.56 Å². The Balaban J connectivity index is 2.95. The maximum Gasteiger partial charge on any atom is 0.258 e. The Bertz CT molecular complexity index is 525. The SMILES string of the molecule is CCn1cc(C)c2ccccc2c1=O. The quantitative estimate of drug-likeness (QED) is 0.671. The molecule has 0 bridgehead atoms. The second-order valence-electron chi connectivity index (χ2n) is 3.45. The summed E-state index contributed by atoms with van der Waals surface area (Å²) in [5.41, 5.74) is 1.26. The van der Waals surface area contributed by atoms with Gasteiger partial charge in [0.2, 0.25) is 0 Å². The number of hydrogen-bond acceptors (Lipinski definition) is 1. The van der Waals surface area contributed by atoms with Crippen LogP contribution in [0.25, 0.3) is 10.8 Å². The molecule has 2 rings (SSSR count). The number of rotatable bonds is 1. The lowest BCUT2D eigenvalue weighted by Gasteiger charge is -2.06. The molecular weight excluding hydrogens is 174 g/mol. The van der Waals surface area contributed by atoms with Gasteiger partial charge < -0.3 is 4.57 Å². The van der Waals surface area contributed by atoms with Crippen molar-refractivity contribution in [3.8, 4) is 0 Å². The highest BCUT2D eigenvalue weighted by Gasteiger charge is 2.03. The molecule has 0 saturated carbocycles. The molecule has 2 heteroatoms. The summed E-state index contributed by atoms with van der Waals surface area (Å²) in [6, 6.07) is 7.75. The van der Waals surface area contributed by atoms with E-state index in [1.807, 2.05) is 44.3 Å². The van der Waals surface area contributed by atoms with E-state index in [-0.39, 0.29) is 5.56 Å². The zero-order chi connectivity index (χ0) is 10.1. The fourth-order valence-electron chi connectivity index (χ4n) is 1.77. The molecule has 0 amide bonds. The van der Waals surface area contributed by atoms with Gasteiger partial charge in [0.15, 0.2) is 0 Å². The molecule has 0 aliphatic heterocycles. The minimum absolute atomic E-state index is 0.105. The third-order valence-corrected chi connectivity index (χ3v) is 2.53. The summed E-state index contributed by atoms with van der Waals surface area (Å²) in [6.45, 7) is 4.74. The first-order valence-corrected chi connectivity index (χ1v) is 4.83. The van der Waals surface area contributed by atoms with Crippen molar-refractivity contribution in [2.45, 2.75) is 20.4 Å². The van der Waals surface area contributed by atoms with Crippen LogP contribution in [0.4, 0.5) is 0 Å². The molecule has 0 atom stereocenters. The average molecular weight is 187 g/mol. The van der Waals surface area contributed by atoms with E-state index in [1.165, 1.54) is 0 Å². The number of hydrogen-bond donors (Lipinski definition) is 0. The van der Waals surface area contributed by atoms with Crippen molar-refractivity contribution in [3.05, 3.63) is 46.4 Å². The molecule has 0 spiro atoms. The van der Waals surface area contributed by atoms with Crippen LogP contribution in [0, 0.1) is 6.92 Å². The van der Waals surface area contributed by atoms with Gasteiger partial charge >= 0.3 is 0 Å². The van der Waals surface area contributed by atoms with Crippen molar-refractivity contribution in [2.75, 3.05) is 0 Å². The minimum atomic E-state index is 0.105. The molecule has 72 valence electrons. The van der Waals surface area contributed by atoms with Crippen LogP contribution in [0.2, 0.25) is 0 Å². The molecule has 0 N–H and O–H groups in total. The molecule has 0 saturated heterocycles. The van der Waals surface area contributed by atoms with Gasteiger partial charge in [0, 0.05) is 18.1 Å². The van der Waals surface area contributed by atoms with Crippen LogP contribution in [0.5, 0.6) is 0 Å². The Morgan fingerprint density at radius 2 is 1.86 bits per heavy atom. The molecule has 2 nitrogen and oxygen atoms in total. The standard InChI is InChI=1S/C12H13NO/c1-3-13-8-9(2)10-6-4-5-7-11(10)12(13)14/h4-8H,3H2,1-2H3. The first kappa shape index (κ1) is 9.00. The summed E-state index contributed by atoms with van der Waals surface area (Å²) in [5, 5.41) is 1.87. The largest absolute Gasteiger partial charge is 0.315 e. The van der Waals surface area contributed by atoms with E-state index in [0.29, 0.717) is 0 Å². The Morgan fingerprint density at radius 1 is 1.21 bits per heavy atom. The van der Waals surface area contributed by atoms with Gasteiger partial charge in [-0.15, -0.1) is 0 Å². The van der Waals surface area contributed by atoms with E-state index >= 15 is 0 Å². The van der Waals surface area contributed by atoms with E-state index in [0.717, 1.165) is 22.9 Å². The third-order valence-electron chi connectivity index (χ3n) is 2.53. The number of aryl methyl sites for hydroxylation is 2. The molecule has 0 aliphatic rings. The van der Waals surface area contributed by atoms with Crippen molar-refractivity contribution in [3.63, 3.8) is 0 Å². The van der Waals surface area contributed by atoms with Crippen LogP contribution >= 0.6 is 0 Å². The predicted molar refractivity (Wildman–Crippen MR) is 58.6 cm³/mol. The lowest BCUT2D eigenvalue weighted by molar-refractivity contribution is 0.731. The highest BCUT2D eigenvalue weighted by Crippen LogP contribution is 2.13. The molecule has 0 fully saturated rings. The third kappa shape index (κ3) is 1.23. The Labute approximate surface area is 82.8 Å². The van der Waals surface area contributed by atoms with Crippen molar-refractivity contribution >= 4 is 10.8 Å². The summed E-state index contributed by atoms with van der Waals surface area (Å²) < 4.78 is 1.75. The van der Waals surface area contributed by atoms with Gasteiger partial charge in [-0.25, -0.2) is 0 Å². The molecule has 14 heavy (non-hydrogen) atoms. The summed E-state index contributed by atoms with van der Waals surface area (Å²) in [4.78, 5) is 11.9. The van der Waals surface area contributed by atoms with Crippen LogP contribution in [0.3, 0.4) is 0 Å². The minimum Gasteiger partial charge on any atom is -0.315 e. The van der Waals surface area contributed by atoms with Crippen molar-refractivity contribution < 1.29 is 0 Å². The van der Waals surface area contributed by atoms with E-state index < -0.39 is 0 Å². The molecule has 1 heterocycles. The second kappa shape index (κ2) is 3.29. The van der Waals surface area contributed by atoms with Crippen molar-refractivity contribution in [1.82, 2.24) is 4.57 Å². The number of fused-ring (bicyclic) bond motifs is 1. The number of nitrogens with zero attached hydrogens (tertiary/aromatic N) is 1. The van der Waals surface area contributed by atoms with Crippen LogP contribution in [0.15, 0.2) is 35.3 Å². The zero-order valence-corrected chi connectivity index (χ0v) is 8.45. The zero-order valence-electron chi connectivity index (χ0n) is 8.45. The van der Waals surface area contributed by atoms with Crippen LogP contribution in [-0.4, -0.2) is 4.57 Å².